The minimum absolute atomic E-state index is 0.0223. The standard InChI is InChI=1S/C40H35FN4O4S/c1-40(2,3)36-15-14-35(50-36)34(46)18-29(38(47)45-22-31(23-45)39(48)49)16-24-4-10-27(11-5-24)37-43-20-30(21-44-37)32-13-12-28(17-33(32)41)26-8-6-25(19-42)7-9-26/h4-15,17,20-21,29,31H,16,18,22-23H2,1-3H3,(H,48,49)/t29-/m1/s1. The number of hydrogen-bond acceptors (Lipinski definition) is 7. The molecule has 1 N–H and O–H groups in total. The molecule has 3 heterocycles. The molecule has 50 heavy (non-hydrogen) atoms. The Balaban J connectivity index is 1.15. The number of hydrogen-bond donors (Lipinski definition) is 1. The number of carboxylic acids is 1. The van der Waals surface area contributed by atoms with Crippen molar-refractivity contribution in [1.29, 1.82) is 5.26 Å². The summed E-state index contributed by atoms with van der Waals surface area (Å²) in [5, 5.41) is 18.3. The van der Waals surface area contributed by atoms with E-state index in [1.54, 1.807) is 42.7 Å². The minimum atomic E-state index is -0.927. The van der Waals surface area contributed by atoms with Gasteiger partial charge < -0.3 is 10.0 Å². The molecule has 1 amide bonds. The Morgan fingerprint density at radius 1 is 0.920 bits per heavy atom. The number of rotatable bonds is 10. The highest BCUT2D eigenvalue weighted by atomic mass is 32.1. The summed E-state index contributed by atoms with van der Waals surface area (Å²) in [7, 11) is 0. The second kappa shape index (κ2) is 14.1. The van der Waals surface area contributed by atoms with Crippen LogP contribution < -0.4 is 0 Å². The second-order valence-corrected chi connectivity index (χ2v) is 14.7. The van der Waals surface area contributed by atoms with Gasteiger partial charge in [0.1, 0.15) is 5.82 Å². The molecule has 0 bridgehead atoms. The maximum atomic E-state index is 15.2. The van der Waals surface area contributed by atoms with Gasteiger partial charge in [-0.1, -0.05) is 69.3 Å². The van der Waals surface area contributed by atoms with Gasteiger partial charge in [0, 0.05) is 59.4 Å². The molecule has 0 spiro atoms. The van der Waals surface area contributed by atoms with Gasteiger partial charge in [0.05, 0.1) is 22.4 Å². The fraction of sp³-hybridized carbons (Fsp3) is 0.250. The number of carbonyl (C=O) groups excluding carboxylic acids is 2. The molecule has 1 atom stereocenters. The maximum Gasteiger partial charge on any atom is 0.310 e. The van der Waals surface area contributed by atoms with E-state index in [1.807, 2.05) is 42.5 Å². The van der Waals surface area contributed by atoms with Crippen molar-refractivity contribution in [3.8, 4) is 39.7 Å². The van der Waals surface area contributed by atoms with Gasteiger partial charge in [-0.25, -0.2) is 14.4 Å². The number of halogens is 1. The Kier molecular flexibility index (Phi) is 9.71. The Morgan fingerprint density at radius 2 is 1.56 bits per heavy atom. The molecule has 1 saturated heterocycles. The van der Waals surface area contributed by atoms with Crippen molar-refractivity contribution in [2.75, 3.05) is 13.1 Å². The first-order valence-electron chi connectivity index (χ1n) is 16.3. The molecule has 10 heteroatoms. The van der Waals surface area contributed by atoms with E-state index in [1.165, 1.54) is 22.3 Å². The predicted octanol–water partition coefficient (Wildman–Crippen LogP) is 7.82. The minimum Gasteiger partial charge on any atom is -0.481 e. The van der Waals surface area contributed by atoms with Crippen molar-refractivity contribution < 1.29 is 23.9 Å². The van der Waals surface area contributed by atoms with E-state index in [9.17, 15) is 19.5 Å². The number of thiophene rings is 1. The summed E-state index contributed by atoms with van der Waals surface area (Å²) in [5.41, 5.74) is 4.40. The van der Waals surface area contributed by atoms with Crippen LogP contribution in [0, 0.1) is 29.0 Å². The molecule has 0 radical (unpaired) electrons. The third-order valence-electron chi connectivity index (χ3n) is 8.92. The third kappa shape index (κ3) is 7.53. The Hall–Kier alpha value is -5.53. The molecule has 8 nitrogen and oxygen atoms in total. The maximum absolute atomic E-state index is 15.2. The zero-order valence-electron chi connectivity index (χ0n) is 27.9. The van der Waals surface area contributed by atoms with Crippen LogP contribution in [-0.2, 0) is 21.4 Å². The Morgan fingerprint density at radius 3 is 2.14 bits per heavy atom. The summed E-state index contributed by atoms with van der Waals surface area (Å²) in [6, 6.07) is 25.2. The van der Waals surface area contributed by atoms with Gasteiger partial charge in [-0.2, -0.15) is 5.26 Å². The molecule has 1 aliphatic rings. The lowest BCUT2D eigenvalue weighted by atomic mass is 9.89. The molecule has 252 valence electrons. The molecule has 5 aromatic rings. The topological polar surface area (TPSA) is 124 Å². The summed E-state index contributed by atoms with van der Waals surface area (Å²) >= 11 is 1.45. The van der Waals surface area contributed by atoms with Gasteiger partial charge in [-0.15, -0.1) is 11.3 Å². The lowest BCUT2D eigenvalue weighted by molar-refractivity contribution is -0.154. The van der Waals surface area contributed by atoms with Crippen molar-refractivity contribution in [3.05, 3.63) is 118 Å². The van der Waals surface area contributed by atoms with Crippen LogP contribution in [0.5, 0.6) is 0 Å². The van der Waals surface area contributed by atoms with Crippen LogP contribution in [0.2, 0.25) is 0 Å². The molecule has 6 rings (SSSR count). The average molecular weight is 687 g/mol. The molecular formula is C40H35FN4O4S. The smallest absolute Gasteiger partial charge is 0.310 e. The van der Waals surface area contributed by atoms with Crippen LogP contribution in [0.3, 0.4) is 0 Å². The lowest BCUT2D eigenvalue weighted by Gasteiger charge is -2.38. The molecule has 0 aliphatic carbocycles. The first-order valence-corrected chi connectivity index (χ1v) is 17.1. The van der Waals surface area contributed by atoms with Crippen LogP contribution in [0.15, 0.2) is 91.3 Å². The number of amides is 1. The molecule has 1 aliphatic heterocycles. The number of benzene rings is 3. The number of nitrogens with zero attached hydrogens (tertiary/aromatic N) is 4. The molecule has 0 unspecified atom stereocenters. The van der Waals surface area contributed by atoms with Gasteiger partial charge in [0.15, 0.2) is 11.6 Å². The average Bonchev–Trinajstić information content (AvgIpc) is 3.60. The fourth-order valence-electron chi connectivity index (χ4n) is 5.89. The van der Waals surface area contributed by atoms with Crippen molar-refractivity contribution in [2.24, 2.45) is 11.8 Å². The van der Waals surface area contributed by atoms with Crippen LogP contribution >= 0.6 is 11.3 Å². The number of nitriles is 1. The van der Waals surface area contributed by atoms with Crippen LogP contribution in [0.1, 0.15) is 52.9 Å². The Bertz CT molecular complexity index is 2090. The summed E-state index contributed by atoms with van der Waals surface area (Å²) in [6.07, 6.45) is 3.48. The van der Waals surface area contributed by atoms with Crippen molar-refractivity contribution in [1.82, 2.24) is 14.9 Å². The third-order valence-corrected chi connectivity index (χ3v) is 10.5. The van der Waals surface area contributed by atoms with Crippen LogP contribution in [0.4, 0.5) is 4.39 Å². The zero-order valence-corrected chi connectivity index (χ0v) is 28.7. The van der Waals surface area contributed by atoms with Crippen LogP contribution in [-0.4, -0.2) is 50.7 Å². The first-order chi connectivity index (χ1) is 23.9. The monoisotopic (exact) mass is 686 g/mol. The van der Waals surface area contributed by atoms with E-state index in [4.69, 9.17) is 5.26 Å². The zero-order chi connectivity index (χ0) is 35.6. The number of carboxylic acid groups (broad SMARTS) is 1. The normalized spacial score (nSPS) is 13.7. The van der Waals surface area contributed by atoms with Crippen molar-refractivity contribution in [3.63, 3.8) is 0 Å². The van der Waals surface area contributed by atoms with Gasteiger partial charge in [-0.05, 0) is 58.9 Å². The summed E-state index contributed by atoms with van der Waals surface area (Å²) in [5.74, 6) is -2.45. The van der Waals surface area contributed by atoms with E-state index in [-0.39, 0.29) is 36.6 Å². The van der Waals surface area contributed by atoms with E-state index >= 15 is 4.39 Å². The van der Waals surface area contributed by atoms with Gasteiger partial charge in [0.2, 0.25) is 5.91 Å². The number of aliphatic carboxylic acids is 1. The first kappa shape index (κ1) is 34.3. The lowest BCUT2D eigenvalue weighted by Crippen LogP contribution is -2.55. The van der Waals surface area contributed by atoms with Crippen molar-refractivity contribution >= 4 is 29.0 Å². The molecule has 2 aromatic heterocycles. The Labute approximate surface area is 293 Å². The molecular weight excluding hydrogens is 652 g/mol. The number of ketones is 1. The quantitative estimate of drug-likeness (QED) is 0.149. The molecule has 0 saturated carbocycles. The highest BCUT2D eigenvalue weighted by Crippen LogP contribution is 2.32. The summed E-state index contributed by atoms with van der Waals surface area (Å²) < 4.78 is 15.2. The van der Waals surface area contributed by atoms with E-state index in [2.05, 4.69) is 36.8 Å². The van der Waals surface area contributed by atoms with E-state index < -0.39 is 23.6 Å². The van der Waals surface area contributed by atoms with Gasteiger partial charge >= 0.3 is 5.97 Å². The number of Topliss-reactive ketones (excluding diaryl/α,β-unsaturated/α-hetero) is 1. The summed E-state index contributed by atoms with van der Waals surface area (Å²) in [6.45, 7) is 6.55. The van der Waals surface area contributed by atoms with Gasteiger partial charge in [-0.3, -0.25) is 14.4 Å². The highest BCUT2D eigenvalue weighted by Gasteiger charge is 2.39. The van der Waals surface area contributed by atoms with E-state index in [0.717, 1.165) is 21.6 Å². The van der Waals surface area contributed by atoms with Crippen LogP contribution in [0.25, 0.3) is 33.6 Å². The number of carbonyl (C=O) groups is 3. The summed E-state index contributed by atoms with van der Waals surface area (Å²) in [4.78, 5) is 50.5. The van der Waals surface area contributed by atoms with Crippen molar-refractivity contribution in [2.45, 2.75) is 39.0 Å². The number of likely N-dealkylation sites (tertiary alicyclic amines) is 1. The predicted molar refractivity (Wildman–Crippen MR) is 190 cm³/mol. The number of aromatic nitrogens is 2. The van der Waals surface area contributed by atoms with E-state index in [0.29, 0.717) is 39.4 Å². The molecule has 3 aromatic carbocycles. The van der Waals surface area contributed by atoms with Gasteiger partial charge in [0.25, 0.3) is 0 Å². The SMILES string of the molecule is CC(C)(C)c1ccc(C(=O)C[C@@H](Cc2ccc(-c3ncc(-c4ccc(-c5ccc(C#N)cc5)cc4F)cn3)cc2)C(=O)N2CC(C(=O)O)C2)s1. The fourth-order valence-corrected chi connectivity index (χ4v) is 6.90. The molecule has 1 fully saturated rings. The largest absolute Gasteiger partial charge is 0.481 e. The second-order valence-electron chi connectivity index (χ2n) is 13.6. The highest BCUT2D eigenvalue weighted by molar-refractivity contribution is 7.14.